The van der Waals surface area contributed by atoms with Crippen LogP contribution in [0.1, 0.15) is 24.2 Å². The molecular formula is C20H20N2O2. The van der Waals surface area contributed by atoms with Crippen LogP contribution in [0.5, 0.6) is 5.75 Å². The average Bonchev–Trinajstić information content (AvgIpc) is 2.60. The first-order chi connectivity index (χ1) is 11.6. The largest absolute Gasteiger partial charge is 0.481 e. The number of nitrogens with zero attached hydrogens (tertiary/aromatic N) is 1. The fraction of sp³-hybridized carbons (Fsp3) is 0.200. The molecular weight excluding hydrogens is 300 g/mol. The van der Waals surface area contributed by atoms with Gasteiger partial charge in [-0.15, -0.1) is 0 Å². The van der Waals surface area contributed by atoms with Gasteiger partial charge in [0.2, 0.25) is 0 Å². The molecule has 0 radical (unpaired) electrons. The van der Waals surface area contributed by atoms with Crippen molar-refractivity contribution in [1.29, 1.82) is 0 Å². The number of ether oxygens (including phenoxy) is 1. The van der Waals surface area contributed by atoms with Crippen LogP contribution in [0.4, 0.5) is 0 Å². The van der Waals surface area contributed by atoms with Crippen molar-refractivity contribution >= 4 is 16.8 Å². The van der Waals surface area contributed by atoms with Gasteiger partial charge >= 0.3 is 0 Å². The predicted octanol–water partition coefficient (Wildman–Crippen LogP) is 3.80. The molecule has 0 saturated heterocycles. The zero-order chi connectivity index (χ0) is 16.9. The van der Waals surface area contributed by atoms with E-state index in [4.69, 9.17) is 4.74 Å². The monoisotopic (exact) mass is 320 g/mol. The fourth-order valence-corrected chi connectivity index (χ4v) is 2.59. The molecule has 1 atom stereocenters. The normalized spacial score (nSPS) is 11.9. The zero-order valence-electron chi connectivity index (χ0n) is 13.8. The van der Waals surface area contributed by atoms with Gasteiger partial charge < -0.3 is 10.1 Å². The highest BCUT2D eigenvalue weighted by Crippen LogP contribution is 2.23. The molecule has 0 aliphatic carbocycles. The number of rotatable bonds is 5. The lowest BCUT2D eigenvalue weighted by atomic mass is 10.1. The Labute approximate surface area is 141 Å². The number of benzene rings is 2. The molecule has 4 nitrogen and oxygen atoms in total. The molecule has 1 amide bonds. The Hall–Kier alpha value is -2.88. The number of aromatic nitrogens is 1. The molecule has 0 spiro atoms. The molecule has 0 bridgehead atoms. The van der Waals surface area contributed by atoms with E-state index in [0.29, 0.717) is 5.75 Å². The number of para-hydroxylation sites is 1. The topological polar surface area (TPSA) is 51.2 Å². The number of hydrogen-bond donors (Lipinski definition) is 1. The second-order valence-electron chi connectivity index (χ2n) is 5.77. The molecule has 2 aromatic carbocycles. The first-order valence-corrected chi connectivity index (χ1v) is 7.97. The number of carbonyl (C=O) groups is 1. The molecule has 0 fully saturated rings. The average molecular weight is 320 g/mol. The van der Waals surface area contributed by atoms with Crippen molar-refractivity contribution in [2.24, 2.45) is 0 Å². The Morgan fingerprint density at radius 2 is 1.88 bits per heavy atom. The van der Waals surface area contributed by atoms with Gasteiger partial charge in [-0.05, 0) is 31.5 Å². The highest BCUT2D eigenvalue weighted by molar-refractivity contribution is 5.85. The lowest BCUT2D eigenvalue weighted by molar-refractivity contribution is -0.123. The van der Waals surface area contributed by atoms with Gasteiger partial charge in [0.15, 0.2) is 6.61 Å². The Balaban J connectivity index is 1.65. The van der Waals surface area contributed by atoms with Crippen LogP contribution in [0.3, 0.4) is 0 Å². The molecule has 1 heterocycles. The number of carbonyl (C=O) groups excluding carboxylic acids is 1. The Bertz CT molecular complexity index is 847. The van der Waals surface area contributed by atoms with Crippen LogP contribution in [-0.4, -0.2) is 17.5 Å². The summed E-state index contributed by atoms with van der Waals surface area (Å²) in [7, 11) is 0. The summed E-state index contributed by atoms with van der Waals surface area (Å²) < 4.78 is 5.70. The summed E-state index contributed by atoms with van der Waals surface area (Å²) in [5.74, 6) is 0.467. The van der Waals surface area contributed by atoms with Crippen molar-refractivity contribution in [2.45, 2.75) is 19.9 Å². The lowest BCUT2D eigenvalue weighted by Crippen LogP contribution is -2.31. The van der Waals surface area contributed by atoms with E-state index in [-0.39, 0.29) is 18.6 Å². The van der Waals surface area contributed by atoms with Crippen LogP contribution in [0, 0.1) is 6.92 Å². The van der Waals surface area contributed by atoms with Crippen molar-refractivity contribution in [2.75, 3.05) is 6.61 Å². The van der Waals surface area contributed by atoms with Gasteiger partial charge in [0, 0.05) is 11.1 Å². The molecule has 0 saturated carbocycles. The van der Waals surface area contributed by atoms with Crippen LogP contribution in [0.15, 0.2) is 60.7 Å². The molecule has 4 heteroatoms. The Morgan fingerprint density at radius 1 is 1.08 bits per heavy atom. The highest BCUT2D eigenvalue weighted by Gasteiger charge is 2.11. The minimum atomic E-state index is -0.156. The summed E-state index contributed by atoms with van der Waals surface area (Å²) in [6, 6.07) is 19.5. The minimum absolute atomic E-state index is 0.0358. The van der Waals surface area contributed by atoms with Crippen molar-refractivity contribution in [3.05, 3.63) is 71.9 Å². The SMILES string of the molecule is Cc1ccc2cccc(OCC(=O)NC(C)c3ccccc3)c2n1. The molecule has 3 aromatic rings. The number of aryl methyl sites for hydroxylation is 1. The van der Waals surface area contributed by atoms with Crippen molar-refractivity contribution < 1.29 is 9.53 Å². The molecule has 1 aromatic heterocycles. The van der Waals surface area contributed by atoms with E-state index >= 15 is 0 Å². The summed E-state index contributed by atoms with van der Waals surface area (Å²) >= 11 is 0. The van der Waals surface area contributed by atoms with Gasteiger partial charge in [0.1, 0.15) is 11.3 Å². The molecule has 0 aliphatic heterocycles. The van der Waals surface area contributed by atoms with Crippen molar-refractivity contribution in [3.8, 4) is 5.75 Å². The third kappa shape index (κ3) is 3.71. The highest BCUT2D eigenvalue weighted by atomic mass is 16.5. The first kappa shape index (κ1) is 16.0. The molecule has 122 valence electrons. The number of fused-ring (bicyclic) bond motifs is 1. The molecule has 1 N–H and O–H groups in total. The number of pyridine rings is 1. The second kappa shape index (κ2) is 7.13. The predicted molar refractivity (Wildman–Crippen MR) is 95.0 cm³/mol. The number of nitrogens with one attached hydrogen (secondary N) is 1. The van der Waals surface area contributed by atoms with E-state index in [0.717, 1.165) is 22.2 Å². The quantitative estimate of drug-likeness (QED) is 0.778. The van der Waals surface area contributed by atoms with E-state index in [9.17, 15) is 4.79 Å². The third-order valence-corrected chi connectivity index (χ3v) is 3.86. The summed E-state index contributed by atoms with van der Waals surface area (Å²) in [4.78, 5) is 16.7. The smallest absolute Gasteiger partial charge is 0.258 e. The van der Waals surface area contributed by atoms with Crippen LogP contribution < -0.4 is 10.1 Å². The van der Waals surface area contributed by atoms with Gasteiger partial charge in [-0.3, -0.25) is 4.79 Å². The van der Waals surface area contributed by atoms with Gasteiger partial charge in [-0.25, -0.2) is 4.98 Å². The van der Waals surface area contributed by atoms with Crippen molar-refractivity contribution in [3.63, 3.8) is 0 Å². The molecule has 3 rings (SSSR count). The summed E-state index contributed by atoms with van der Waals surface area (Å²) in [6.45, 7) is 3.85. The van der Waals surface area contributed by atoms with Crippen LogP contribution in [0.25, 0.3) is 10.9 Å². The molecule has 0 aliphatic rings. The zero-order valence-corrected chi connectivity index (χ0v) is 13.8. The third-order valence-electron chi connectivity index (χ3n) is 3.86. The van der Waals surface area contributed by atoms with Crippen LogP contribution in [0.2, 0.25) is 0 Å². The summed E-state index contributed by atoms with van der Waals surface area (Å²) in [5, 5.41) is 3.94. The standard InChI is InChI=1S/C20H20N2O2/c1-14-11-12-17-9-6-10-18(20(17)21-14)24-13-19(23)22-15(2)16-7-4-3-5-8-16/h3-12,15H,13H2,1-2H3,(H,22,23). The summed E-state index contributed by atoms with van der Waals surface area (Å²) in [6.07, 6.45) is 0. The van der Waals surface area contributed by atoms with Gasteiger partial charge in [0.05, 0.1) is 6.04 Å². The maximum absolute atomic E-state index is 12.1. The molecule has 1 unspecified atom stereocenters. The van der Waals surface area contributed by atoms with Crippen molar-refractivity contribution in [1.82, 2.24) is 10.3 Å². The van der Waals surface area contributed by atoms with E-state index in [2.05, 4.69) is 10.3 Å². The molecule has 24 heavy (non-hydrogen) atoms. The lowest BCUT2D eigenvalue weighted by Gasteiger charge is -2.15. The maximum atomic E-state index is 12.1. The van der Waals surface area contributed by atoms with Gasteiger partial charge in [-0.2, -0.15) is 0 Å². The van der Waals surface area contributed by atoms with Crippen LogP contribution >= 0.6 is 0 Å². The second-order valence-corrected chi connectivity index (χ2v) is 5.77. The van der Waals surface area contributed by atoms with E-state index in [1.165, 1.54) is 0 Å². The number of amides is 1. The van der Waals surface area contributed by atoms with E-state index < -0.39 is 0 Å². The van der Waals surface area contributed by atoms with E-state index in [1.807, 2.05) is 74.5 Å². The fourth-order valence-electron chi connectivity index (χ4n) is 2.59. The Kier molecular flexibility index (Phi) is 4.75. The van der Waals surface area contributed by atoms with Gasteiger partial charge in [-0.1, -0.05) is 48.5 Å². The van der Waals surface area contributed by atoms with Crippen LogP contribution in [-0.2, 0) is 4.79 Å². The minimum Gasteiger partial charge on any atom is -0.481 e. The van der Waals surface area contributed by atoms with E-state index in [1.54, 1.807) is 0 Å². The number of hydrogen-bond acceptors (Lipinski definition) is 3. The van der Waals surface area contributed by atoms with Gasteiger partial charge in [0.25, 0.3) is 5.91 Å². The maximum Gasteiger partial charge on any atom is 0.258 e. The summed E-state index contributed by atoms with van der Waals surface area (Å²) in [5.41, 5.74) is 2.76. The Morgan fingerprint density at radius 3 is 2.67 bits per heavy atom. The first-order valence-electron chi connectivity index (χ1n) is 7.97.